The lowest BCUT2D eigenvalue weighted by molar-refractivity contribution is -0.135. The van der Waals surface area contributed by atoms with Crippen molar-refractivity contribution >= 4 is 29.3 Å². The average Bonchev–Trinajstić information content (AvgIpc) is 2.27. The zero-order chi connectivity index (χ0) is 12.4. The summed E-state index contributed by atoms with van der Waals surface area (Å²) in [6, 6.07) is 1.47. The number of pyridine rings is 1. The van der Waals surface area contributed by atoms with Gasteiger partial charge >= 0.3 is 0 Å². The van der Waals surface area contributed by atoms with Crippen LogP contribution in [0.25, 0.3) is 0 Å². The summed E-state index contributed by atoms with van der Waals surface area (Å²) in [6.45, 7) is -0.314. The van der Waals surface area contributed by atoms with Gasteiger partial charge in [-0.1, -0.05) is 11.6 Å². The topological polar surface area (TPSA) is 79.4 Å². The highest BCUT2D eigenvalue weighted by Gasteiger charge is 2.28. The smallest absolute Gasteiger partial charge is 0.257 e. The quantitative estimate of drug-likeness (QED) is 0.705. The van der Waals surface area contributed by atoms with Crippen LogP contribution in [0.4, 0.5) is 0 Å². The van der Waals surface area contributed by atoms with Crippen LogP contribution in [0.1, 0.15) is 10.4 Å². The minimum atomic E-state index is -0.505. The Bertz CT molecular complexity index is 487. The van der Waals surface area contributed by atoms with Gasteiger partial charge in [-0.3, -0.25) is 24.7 Å². The lowest BCUT2D eigenvalue weighted by Crippen LogP contribution is -2.53. The molecule has 0 aromatic carbocycles. The SMILES string of the molecule is O=C1CN(C(=O)c2cnccc2Cl)CC(=O)N1. The Morgan fingerprint density at radius 1 is 1.35 bits per heavy atom. The molecule has 1 saturated heterocycles. The number of carbonyl (C=O) groups is 3. The standard InChI is InChI=1S/C10H8ClN3O3/c11-7-1-2-12-3-6(7)10(17)14-4-8(15)13-9(16)5-14/h1-3H,4-5H2,(H,13,15,16). The van der Waals surface area contributed by atoms with E-state index in [1.807, 2.05) is 0 Å². The van der Waals surface area contributed by atoms with Crippen LogP contribution in [0.5, 0.6) is 0 Å². The Labute approximate surface area is 102 Å². The van der Waals surface area contributed by atoms with E-state index in [0.717, 1.165) is 4.90 Å². The van der Waals surface area contributed by atoms with Crippen LogP contribution in [0, 0.1) is 0 Å². The summed E-state index contributed by atoms with van der Waals surface area (Å²) < 4.78 is 0. The molecule has 0 atom stereocenters. The van der Waals surface area contributed by atoms with E-state index in [1.165, 1.54) is 18.5 Å². The molecule has 0 saturated carbocycles. The minimum absolute atomic E-state index is 0.157. The van der Waals surface area contributed by atoms with E-state index in [9.17, 15) is 14.4 Å². The molecule has 0 unspecified atom stereocenters. The number of imide groups is 1. The molecule has 3 amide bonds. The summed E-state index contributed by atoms with van der Waals surface area (Å²) in [5.74, 6) is -1.49. The summed E-state index contributed by atoms with van der Waals surface area (Å²) in [4.78, 5) is 39.2. The van der Waals surface area contributed by atoms with E-state index >= 15 is 0 Å². The molecule has 2 heterocycles. The monoisotopic (exact) mass is 253 g/mol. The number of aromatic nitrogens is 1. The van der Waals surface area contributed by atoms with Crippen LogP contribution in [0.3, 0.4) is 0 Å². The fourth-order valence-corrected chi connectivity index (χ4v) is 1.67. The molecule has 0 aliphatic carbocycles. The van der Waals surface area contributed by atoms with E-state index in [4.69, 9.17) is 11.6 Å². The molecule has 0 radical (unpaired) electrons. The highest BCUT2D eigenvalue weighted by Crippen LogP contribution is 2.16. The minimum Gasteiger partial charge on any atom is -0.320 e. The molecule has 7 heteroatoms. The van der Waals surface area contributed by atoms with Gasteiger partial charge in [0.05, 0.1) is 10.6 Å². The van der Waals surface area contributed by atoms with Crippen molar-refractivity contribution in [3.8, 4) is 0 Å². The maximum Gasteiger partial charge on any atom is 0.257 e. The van der Waals surface area contributed by atoms with Crippen LogP contribution in [0.2, 0.25) is 5.02 Å². The second-order valence-corrected chi connectivity index (χ2v) is 3.90. The molecule has 1 aliphatic heterocycles. The van der Waals surface area contributed by atoms with E-state index in [2.05, 4.69) is 10.3 Å². The van der Waals surface area contributed by atoms with E-state index in [1.54, 1.807) is 0 Å². The van der Waals surface area contributed by atoms with Crippen LogP contribution in [0.15, 0.2) is 18.5 Å². The molecular weight excluding hydrogens is 246 g/mol. The predicted molar refractivity (Wildman–Crippen MR) is 58.3 cm³/mol. The second-order valence-electron chi connectivity index (χ2n) is 3.49. The van der Waals surface area contributed by atoms with Crippen molar-refractivity contribution in [3.05, 3.63) is 29.0 Å². The third kappa shape index (κ3) is 2.42. The Morgan fingerprint density at radius 2 is 2.00 bits per heavy atom. The second kappa shape index (κ2) is 4.50. The van der Waals surface area contributed by atoms with Gasteiger partial charge in [0.2, 0.25) is 11.8 Å². The molecule has 0 bridgehead atoms. The number of amides is 3. The maximum atomic E-state index is 12.0. The molecular formula is C10H8ClN3O3. The van der Waals surface area contributed by atoms with Gasteiger partial charge in [-0.2, -0.15) is 0 Å². The van der Waals surface area contributed by atoms with Crippen molar-refractivity contribution in [2.75, 3.05) is 13.1 Å². The summed E-state index contributed by atoms with van der Waals surface area (Å²) in [6.07, 6.45) is 2.76. The van der Waals surface area contributed by atoms with Crippen LogP contribution >= 0.6 is 11.6 Å². The van der Waals surface area contributed by atoms with E-state index < -0.39 is 17.7 Å². The van der Waals surface area contributed by atoms with Gasteiger partial charge in [0.1, 0.15) is 13.1 Å². The summed E-state index contributed by atoms with van der Waals surface area (Å²) in [5, 5.41) is 2.35. The first-order valence-electron chi connectivity index (χ1n) is 4.79. The third-order valence-electron chi connectivity index (χ3n) is 2.23. The molecule has 1 aromatic heterocycles. The van der Waals surface area contributed by atoms with Crippen LogP contribution in [-0.4, -0.2) is 40.7 Å². The zero-order valence-corrected chi connectivity index (χ0v) is 9.40. The molecule has 1 aliphatic rings. The molecule has 88 valence electrons. The van der Waals surface area contributed by atoms with E-state index in [0.29, 0.717) is 0 Å². The third-order valence-corrected chi connectivity index (χ3v) is 2.56. The number of hydrogen-bond donors (Lipinski definition) is 1. The zero-order valence-electron chi connectivity index (χ0n) is 8.64. The average molecular weight is 254 g/mol. The number of nitrogens with one attached hydrogen (secondary N) is 1. The lowest BCUT2D eigenvalue weighted by atomic mass is 10.2. The van der Waals surface area contributed by atoms with Gasteiger partial charge in [0.15, 0.2) is 0 Å². The van der Waals surface area contributed by atoms with Crippen molar-refractivity contribution in [2.24, 2.45) is 0 Å². The van der Waals surface area contributed by atoms with Crippen LogP contribution in [-0.2, 0) is 9.59 Å². The van der Waals surface area contributed by atoms with Crippen molar-refractivity contribution in [2.45, 2.75) is 0 Å². The number of nitrogens with zero attached hydrogens (tertiary/aromatic N) is 2. The van der Waals surface area contributed by atoms with E-state index in [-0.39, 0.29) is 23.7 Å². The van der Waals surface area contributed by atoms with Gasteiger partial charge in [-0.25, -0.2) is 0 Å². The number of piperazine rings is 1. The molecule has 1 fully saturated rings. The van der Waals surface area contributed by atoms with Crippen molar-refractivity contribution in [1.29, 1.82) is 0 Å². The molecule has 17 heavy (non-hydrogen) atoms. The van der Waals surface area contributed by atoms with Crippen LogP contribution < -0.4 is 5.32 Å². The first-order valence-corrected chi connectivity index (χ1v) is 5.17. The summed E-state index contributed by atoms with van der Waals surface area (Å²) >= 11 is 5.84. The number of carbonyl (C=O) groups excluding carboxylic acids is 3. The highest BCUT2D eigenvalue weighted by atomic mass is 35.5. The summed E-state index contributed by atoms with van der Waals surface area (Å²) in [5.41, 5.74) is 0.177. The van der Waals surface area contributed by atoms with Crippen molar-refractivity contribution in [1.82, 2.24) is 15.2 Å². The number of hydrogen-bond acceptors (Lipinski definition) is 4. The van der Waals surface area contributed by atoms with Gasteiger partial charge in [0, 0.05) is 12.4 Å². The summed E-state index contributed by atoms with van der Waals surface area (Å²) in [7, 11) is 0. The Morgan fingerprint density at radius 3 is 2.59 bits per heavy atom. The maximum absolute atomic E-state index is 12.0. The van der Waals surface area contributed by atoms with Crippen molar-refractivity contribution in [3.63, 3.8) is 0 Å². The first kappa shape index (κ1) is 11.5. The molecule has 1 aromatic rings. The fourth-order valence-electron chi connectivity index (χ4n) is 1.49. The Balaban J connectivity index is 2.23. The number of halogens is 1. The molecule has 1 N–H and O–H groups in total. The predicted octanol–water partition coefficient (Wildman–Crippen LogP) is -0.166. The molecule has 6 nitrogen and oxygen atoms in total. The fraction of sp³-hybridized carbons (Fsp3) is 0.200. The van der Waals surface area contributed by atoms with Gasteiger partial charge in [-0.15, -0.1) is 0 Å². The Kier molecular flexibility index (Phi) is 3.06. The molecule has 2 rings (SSSR count). The molecule has 0 spiro atoms. The largest absolute Gasteiger partial charge is 0.320 e. The number of rotatable bonds is 1. The lowest BCUT2D eigenvalue weighted by Gasteiger charge is -2.25. The van der Waals surface area contributed by atoms with Crippen molar-refractivity contribution < 1.29 is 14.4 Å². The highest BCUT2D eigenvalue weighted by molar-refractivity contribution is 6.33. The van der Waals surface area contributed by atoms with Gasteiger partial charge in [0.25, 0.3) is 5.91 Å². The Hall–Kier alpha value is -1.95. The first-order chi connectivity index (χ1) is 8.08. The normalized spacial score (nSPS) is 15.7. The van der Waals surface area contributed by atoms with Gasteiger partial charge in [-0.05, 0) is 6.07 Å². The van der Waals surface area contributed by atoms with Gasteiger partial charge < -0.3 is 4.90 Å².